The Morgan fingerprint density at radius 1 is 1.44 bits per heavy atom. The van der Waals surface area contributed by atoms with E-state index in [9.17, 15) is 4.79 Å². The number of nitrogens with zero attached hydrogens (tertiary/aromatic N) is 1. The summed E-state index contributed by atoms with van der Waals surface area (Å²) >= 11 is 11.6. The molecule has 0 fully saturated rings. The number of hydrogen-bond donors (Lipinski definition) is 2. The van der Waals surface area contributed by atoms with Crippen LogP contribution < -0.4 is 10.6 Å². The second-order valence-electron chi connectivity index (χ2n) is 2.91. The van der Waals surface area contributed by atoms with Gasteiger partial charge < -0.3 is 10.6 Å². The zero-order valence-corrected chi connectivity index (χ0v) is 9.77. The lowest BCUT2D eigenvalue weighted by Crippen LogP contribution is -2.30. The van der Waals surface area contributed by atoms with Crippen molar-refractivity contribution in [1.82, 2.24) is 5.32 Å². The Balaban J connectivity index is 2.49. The van der Waals surface area contributed by atoms with Gasteiger partial charge in [-0.05, 0) is 18.2 Å². The van der Waals surface area contributed by atoms with Crippen LogP contribution >= 0.6 is 23.2 Å². The Morgan fingerprint density at radius 3 is 2.81 bits per heavy atom. The number of hydrogen-bond acceptors (Lipinski definition) is 3. The predicted octanol–water partition coefficient (Wildman–Crippen LogP) is 2.05. The van der Waals surface area contributed by atoms with Gasteiger partial charge in [0.05, 0.1) is 23.3 Å². The van der Waals surface area contributed by atoms with Crippen molar-refractivity contribution in [2.75, 3.05) is 18.4 Å². The fourth-order valence-electron chi connectivity index (χ4n) is 1.01. The van der Waals surface area contributed by atoms with Crippen molar-refractivity contribution in [2.45, 2.75) is 0 Å². The zero-order valence-electron chi connectivity index (χ0n) is 8.26. The minimum Gasteiger partial charge on any atom is -0.375 e. The van der Waals surface area contributed by atoms with Crippen LogP contribution in [0.2, 0.25) is 10.0 Å². The van der Waals surface area contributed by atoms with E-state index in [0.29, 0.717) is 15.7 Å². The van der Waals surface area contributed by atoms with Crippen molar-refractivity contribution in [1.29, 1.82) is 5.26 Å². The third-order valence-electron chi connectivity index (χ3n) is 1.74. The van der Waals surface area contributed by atoms with Gasteiger partial charge in [-0.3, -0.25) is 4.79 Å². The molecule has 1 aromatic carbocycles. The van der Waals surface area contributed by atoms with Crippen molar-refractivity contribution >= 4 is 34.8 Å². The van der Waals surface area contributed by atoms with Crippen molar-refractivity contribution < 1.29 is 4.79 Å². The molecule has 0 aliphatic rings. The second kappa shape index (κ2) is 6.21. The van der Waals surface area contributed by atoms with E-state index in [2.05, 4.69) is 10.6 Å². The minimum absolute atomic E-state index is 0.00510. The third kappa shape index (κ3) is 3.97. The number of rotatable bonds is 4. The van der Waals surface area contributed by atoms with E-state index in [1.54, 1.807) is 18.2 Å². The van der Waals surface area contributed by atoms with Crippen LogP contribution in [0.25, 0.3) is 0 Å². The van der Waals surface area contributed by atoms with Gasteiger partial charge in [0, 0.05) is 5.02 Å². The zero-order chi connectivity index (χ0) is 12.0. The highest BCUT2D eigenvalue weighted by Crippen LogP contribution is 2.24. The first-order chi connectivity index (χ1) is 7.63. The summed E-state index contributed by atoms with van der Waals surface area (Å²) in [7, 11) is 0. The summed E-state index contributed by atoms with van der Waals surface area (Å²) in [6, 6.07) is 6.75. The molecule has 1 rings (SSSR count). The van der Waals surface area contributed by atoms with Crippen LogP contribution in [0.5, 0.6) is 0 Å². The van der Waals surface area contributed by atoms with Crippen molar-refractivity contribution in [3.63, 3.8) is 0 Å². The minimum atomic E-state index is -0.271. The number of carbonyl (C=O) groups is 1. The molecule has 6 heteroatoms. The van der Waals surface area contributed by atoms with Gasteiger partial charge in [-0.1, -0.05) is 23.2 Å². The van der Waals surface area contributed by atoms with E-state index in [-0.39, 0.29) is 19.0 Å². The molecule has 0 saturated heterocycles. The fraction of sp³-hybridized carbons (Fsp3) is 0.200. The number of benzene rings is 1. The number of carbonyl (C=O) groups excluding carboxylic acids is 1. The van der Waals surface area contributed by atoms with E-state index < -0.39 is 0 Å². The topological polar surface area (TPSA) is 64.9 Å². The van der Waals surface area contributed by atoms with E-state index in [1.807, 2.05) is 6.07 Å². The molecular weight excluding hydrogens is 249 g/mol. The Hall–Kier alpha value is -1.44. The van der Waals surface area contributed by atoms with Crippen molar-refractivity contribution in [3.05, 3.63) is 28.2 Å². The summed E-state index contributed by atoms with van der Waals surface area (Å²) in [6.07, 6.45) is 0. The van der Waals surface area contributed by atoms with Crippen LogP contribution in [0.1, 0.15) is 0 Å². The highest BCUT2D eigenvalue weighted by molar-refractivity contribution is 6.36. The maximum Gasteiger partial charge on any atom is 0.240 e. The molecule has 0 aliphatic carbocycles. The predicted molar refractivity (Wildman–Crippen MR) is 63.6 cm³/mol. The first-order valence-corrected chi connectivity index (χ1v) is 5.21. The smallest absolute Gasteiger partial charge is 0.240 e. The van der Waals surface area contributed by atoms with Gasteiger partial charge in [0.25, 0.3) is 0 Å². The molecule has 0 unspecified atom stereocenters. The monoisotopic (exact) mass is 257 g/mol. The normalized spacial score (nSPS) is 9.31. The summed E-state index contributed by atoms with van der Waals surface area (Å²) in [5.41, 5.74) is 0.623. The SMILES string of the molecule is N#CCNC(=O)CNc1ccc(Cl)cc1Cl. The summed E-state index contributed by atoms with van der Waals surface area (Å²) in [4.78, 5) is 11.2. The van der Waals surface area contributed by atoms with Crippen LogP contribution in [-0.2, 0) is 4.79 Å². The number of halogens is 2. The lowest BCUT2D eigenvalue weighted by atomic mass is 10.3. The van der Waals surface area contributed by atoms with Gasteiger partial charge >= 0.3 is 0 Å². The quantitative estimate of drug-likeness (QED) is 0.812. The lowest BCUT2D eigenvalue weighted by molar-refractivity contribution is -0.119. The summed E-state index contributed by atoms with van der Waals surface area (Å²) < 4.78 is 0. The second-order valence-corrected chi connectivity index (χ2v) is 3.76. The molecule has 0 aliphatic heterocycles. The Kier molecular flexibility index (Phi) is 4.90. The largest absolute Gasteiger partial charge is 0.375 e. The highest BCUT2D eigenvalue weighted by atomic mass is 35.5. The molecule has 0 heterocycles. The van der Waals surface area contributed by atoms with E-state index in [0.717, 1.165) is 0 Å². The average molecular weight is 258 g/mol. The van der Waals surface area contributed by atoms with E-state index >= 15 is 0 Å². The van der Waals surface area contributed by atoms with Crippen molar-refractivity contribution in [2.24, 2.45) is 0 Å². The highest BCUT2D eigenvalue weighted by Gasteiger charge is 2.03. The van der Waals surface area contributed by atoms with Crippen LogP contribution in [0.4, 0.5) is 5.69 Å². The molecule has 0 aromatic heterocycles. The third-order valence-corrected chi connectivity index (χ3v) is 2.28. The Labute approximate surface area is 103 Å². The molecule has 0 saturated carbocycles. The standard InChI is InChI=1S/C10H9Cl2N3O/c11-7-1-2-9(8(12)5-7)15-6-10(16)14-4-3-13/h1-2,5,15H,4,6H2,(H,14,16). The summed E-state index contributed by atoms with van der Waals surface area (Å²) in [5, 5.41) is 14.5. The maximum atomic E-state index is 11.2. The number of nitriles is 1. The Morgan fingerprint density at radius 2 is 2.19 bits per heavy atom. The van der Waals surface area contributed by atoms with Crippen LogP contribution in [0, 0.1) is 11.3 Å². The summed E-state index contributed by atoms with van der Waals surface area (Å²) in [5.74, 6) is -0.271. The van der Waals surface area contributed by atoms with Gasteiger partial charge in [0.15, 0.2) is 0 Å². The summed E-state index contributed by atoms with van der Waals surface area (Å²) in [6.45, 7) is 0.0535. The van der Waals surface area contributed by atoms with Crippen LogP contribution in [0.15, 0.2) is 18.2 Å². The molecular formula is C10H9Cl2N3O. The molecule has 0 atom stereocenters. The van der Waals surface area contributed by atoms with E-state index in [1.165, 1.54) is 0 Å². The molecule has 1 amide bonds. The van der Waals surface area contributed by atoms with Gasteiger partial charge in [0.2, 0.25) is 5.91 Å². The van der Waals surface area contributed by atoms with E-state index in [4.69, 9.17) is 28.5 Å². The molecule has 0 spiro atoms. The molecule has 4 nitrogen and oxygen atoms in total. The molecule has 0 radical (unpaired) electrons. The van der Waals surface area contributed by atoms with Crippen LogP contribution in [0.3, 0.4) is 0 Å². The van der Waals surface area contributed by atoms with Gasteiger partial charge in [-0.2, -0.15) is 5.26 Å². The average Bonchev–Trinajstić information content (AvgIpc) is 2.25. The molecule has 2 N–H and O–H groups in total. The Bertz CT molecular complexity index is 429. The fourth-order valence-corrected chi connectivity index (χ4v) is 1.48. The maximum absolute atomic E-state index is 11.2. The first-order valence-electron chi connectivity index (χ1n) is 4.46. The molecule has 1 aromatic rings. The van der Waals surface area contributed by atoms with Crippen LogP contribution in [-0.4, -0.2) is 19.0 Å². The lowest BCUT2D eigenvalue weighted by Gasteiger charge is -2.07. The number of nitrogens with one attached hydrogen (secondary N) is 2. The van der Waals surface area contributed by atoms with Gasteiger partial charge in [-0.25, -0.2) is 0 Å². The molecule has 16 heavy (non-hydrogen) atoms. The van der Waals surface area contributed by atoms with Gasteiger partial charge in [0.1, 0.15) is 6.54 Å². The molecule has 84 valence electrons. The number of amides is 1. The molecule has 0 bridgehead atoms. The first kappa shape index (κ1) is 12.6. The van der Waals surface area contributed by atoms with Gasteiger partial charge in [-0.15, -0.1) is 0 Å². The number of anilines is 1. The van der Waals surface area contributed by atoms with Crippen molar-refractivity contribution in [3.8, 4) is 6.07 Å².